The maximum Gasteiger partial charge on any atom is 0.330 e. The summed E-state index contributed by atoms with van der Waals surface area (Å²) < 4.78 is 14.3. The Hall–Kier alpha value is -3.85. The third kappa shape index (κ3) is 4.02. The summed E-state index contributed by atoms with van der Waals surface area (Å²) >= 11 is 0. The summed E-state index contributed by atoms with van der Waals surface area (Å²) in [5.74, 6) is 1.56. The largest absolute Gasteiger partial charge is 0.493 e. The number of imidazole rings is 1. The van der Waals surface area contributed by atoms with Crippen molar-refractivity contribution in [3.8, 4) is 22.9 Å². The summed E-state index contributed by atoms with van der Waals surface area (Å²) in [6, 6.07) is 15.2. The van der Waals surface area contributed by atoms with Crippen LogP contribution in [0.3, 0.4) is 0 Å². The maximum atomic E-state index is 12.5. The van der Waals surface area contributed by atoms with Crippen LogP contribution in [0.1, 0.15) is 12.5 Å². The fraction of sp³-hybridized carbons (Fsp3) is 0.261. The van der Waals surface area contributed by atoms with Crippen LogP contribution < -0.4 is 20.7 Å². The first kappa shape index (κ1) is 21.4. The van der Waals surface area contributed by atoms with Gasteiger partial charge in [-0.2, -0.15) is 0 Å². The van der Waals surface area contributed by atoms with E-state index in [2.05, 4.69) is 9.97 Å². The number of H-pyrrole nitrogens is 1. The second kappa shape index (κ2) is 8.72. The number of aromatic amines is 1. The fourth-order valence-electron chi connectivity index (χ4n) is 3.60. The highest BCUT2D eigenvalue weighted by Gasteiger charge is 2.19. The number of hydrogen-bond donors (Lipinski definition) is 2. The molecule has 4 rings (SSSR count). The van der Waals surface area contributed by atoms with Gasteiger partial charge in [0.25, 0.3) is 5.56 Å². The van der Waals surface area contributed by atoms with Crippen LogP contribution in [0.2, 0.25) is 0 Å². The molecule has 32 heavy (non-hydrogen) atoms. The van der Waals surface area contributed by atoms with Crippen molar-refractivity contribution < 1.29 is 14.6 Å². The molecule has 0 saturated heterocycles. The third-order valence-corrected chi connectivity index (χ3v) is 5.12. The van der Waals surface area contributed by atoms with Crippen molar-refractivity contribution in [2.75, 3.05) is 7.11 Å². The normalized spacial score (nSPS) is 12.1. The van der Waals surface area contributed by atoms with Crippen LogP contribution in [0, 0.1) is 0 Å². The van der Waals surface area contributed by atoms with E-state index in [1.165, 1.54) is 4.57 Å². The second-order valence-electron chi connectivity index (χ2n) is 7.53. The monoisotopic (exact) mass is 436 g/mol. The van der Waals surface area contributed by atoms with Crippen LogP contribution in [0.15, 0.2) is 58.1 Å². The van der Waals surface area contributed by atoms with E-state index >= 15 is 0 Å². The Morgan fingerprint density at radius 1 is 1.12 bits per heavy atom. The van der Waals surface area contributed by atoms with E-state index in [1.807, 2.05) is 36.4 Å². The molecule has 2 heterocycles. The van der Waals surface area contributed by atoms with Crippen molar-refractivity contribution in [3.63, 3.8) is 0 Å². The zero-order valence-electron chi connectivity index (χ0n) is 18.0. The number of methoxy groups -OCH3 is 1. The van der Waals surface area contributed by atoms with Gasteiger partial charge in [0.05, 0.1) is 19.8 Å². The molecule has 0 spiro atoms. The highest BCUT2D eigenvalue weighted by Crippen LogP contribution is 2.33. The van der Waals surface area contributed by atoms with Gasteiger partial charge in [-0.25, -0.2) is 9.78 Å². The Kier molecular flexibility index (Phi) is 5.83. The molecule has 0 radical (unpaired) electrons. The smallest absolute Gasteiger partial charge is 0.330 e. The number of aryl methyl sites for hydroxylation is 1. The standard InChI is InChI=1S/C23H24N4O5/c1-14(28)12-27-21-19(22(29)25-23(27)30)26(2)20(24-21)16-9-10-17(18(11-16)31-3)32-13-15-7-5-4-6-8-15/h4-11,14,28H,12-13H2,1-3H3,(H,25,29,30)/t14-/m0/s1. The van der Waals surface area contributed by atoms with Crippen LogP contribution in [0.4, 0.5) is 0 Å². The molecule has 2 aromatic heterocycles. The molecule has 0 aliphatic carbocycles. The van der Waals surface area contributed by atoms with E-state index in [1.54, 1.807) is 37.8 Å². The predicted molar refractivity (Wildman–Crippen MR) is 120 cm³/mol. The van der Waals surface area contributed by atoms with Gasteiger partial charge in [-0.05, 0) is 30.7 Å². The summed E-state index contributed by atoms with van der Waals surface area (Å²) in [5, 5.41) is 9.77. The van der Waals surface area contributed by atoms with Crippen LogP contribution in [0.5, 0.6) is 11.5 Å². The molecule has 4 aromatic rings. The van der Waals surface area contributed by atoms with Gasteiger partial charge in [0.2, 0.25) is 0 Å². The van der Waals surface area contributed by atoms with E-state index in [0.29, 0.717) is 29.5 Å². The summed E-state index contributed by atoms with van der Waals surface area (Å²) in [7, 11) is 3.25. The lowest BCUT2D eigenvalue weighted by atomic mass is 10.2. The maximum absolute atomic E-state index is 12.5. The lowest BCUT2D eigenvalue weighted by Crippen LogP contribution is -2.33. The Labute approximate surface area is 183 Å². The average Bonchev–Trinajstić information content (AvgIpc) is 3.13. The molecule has 9 nitrogen and oxygen atoms in total. The molecule has 0 aliphatic rings. The minimum atomic E-state index is -0.784. The summed E-state index contributed by atoms with van der Waals surface area (Å²) in [6.45, 7) is 1.97. The van der Waals surface area contributed by atoms with E-state index in [-0.39, 0.29) is 17.7 Å². The van der Waals surface area contributed by atoms with Crippen LogP contribution >= 0.6 is 0 Å². The van der Waals surface area contributed by atoms with E-state index < -0.39 is 17.4 Å². The number of aliphatic hydroxyl groups is 1. The van der Waals surface area contributed by atoms with Gasteiger partial charge in [-0.15, -0.1) is 0 Å². The number of nitrogens with one attached hydrogen (secondary N) is 1. The van der Waals surface area contributed by atoms with Crippen molar-refractivity contribution in [2.45, 2.75) is 26.2 Å². The van der Waals surface area contributed by atoms with Crippen LogP contribution in [-0.4, -0.2) is 37.4 Å². The number of rotatable bonds is 7. The molecule has 0 unspecified atom stereocenters. The van der Waals surface area contributed by atoms with E-state index in [9.17, 15) is 14.7 Å². The number of hydrogen-bond acceptors (Lipinski definition) is 6. The van der Waals surface area contributed by atoms with Crippen molar-refractivity contribution in [3.05, 3.63) is 74.9 Å². The molecule has 2 N–H and O–H groups in total. The van der Waals surface area contributed by atoms with E-state index in [4.69, 9.17) is 9.47 Å². The average molecular weight is 436 g/mol. The summed E-state index contributed by atoms with van der Waals surface area (Å²) in [4.78, 5) is 31.6. The highest BCUT2D eigenvalue weighted by atomic mass is 16.5. The molecule has 0 fully saturated rings. The first-order valence-electron chi connectivity index (χ1n) is 10.1. The lowest BCUT2D eigenvalue weighted by molar-refractivity contribution is 0.173. The molecule has 0 amide bonds. The molecule has 0 aliphatic heterocycles. The molecule has 1 atom stereocenters. The number of aromatic nitrogens is 4. The number of benzene rings is 2. The first-order valence-corrected chi connectivity index (χ1v) is 10.1. The van der Waals surface area contributed by atoms with Crippen molar-refractivity contribution in [2.24, 2.45) is 7.05 Å². The number of ether oxygens (including phenoxy) is 2. The summed E-state index contributed by atoms with van der Waals surface area (Å²) in [6.07, 6.45) is -0.784. The number of aliphatic hydroxyl groups excluding tert-OH is 1. The minimum absolute atomic E-state index is 0.0121. The Morgan fingerprint density at radius 3 is 2.56 bits per heavy atom. The first-order chi connectivity index (χ1) is 15.4. The van der Waals surface area contributed by atoms with Crippen molar-refractivity contribution >= 4 is 11.2 Å². The van der Waals surface area contributed by atoms with Crippen molar-refractivity contribution in [1.82, 2.24) is 19.1 Å². The topological polar surface area (TPSA) is 111 Å². The Balaban J connectivity index is 1.75. The second-order valence-corrected chi connectivity index (χ2v) is 7.53. The third-order valence-electron chi connectivity index (χ3n) is 5.12. The highest BCUT2D eigenvalue weighted by molar-refractivity contribution is 5.77. The van der Waals surface area contributed by atoms with Crippen molar-refractivity contribution in [1.29, 1.82) is 0 Å². The molecule has 0 bridgehead atoms. The Morgan fingerprint density at radius 2 is 1.88 bits per heavy atom. The molecule has 166 valence electrons. The van der Waals surface area contributed by atoms with Gasteiger partial charge >= 0.3 is 5.69 Å². The number of fused-ring (bicyclic) bond motifs is 1. The zero-order valence-corrected chi connectivity index (χ0v) is 18.0. The predicted octanol–water partition coefficient (Wildman–Crippen LogP) is 2.06. The Bertz CT molecular complexity index is 1370. The fourth-order valence-corrected chi connectivity index (χ4v) is 3.60. The van der Waals surface area contributed by atoms with Crippen LogP contribution in [0.25, 0.3) is 22.6 Å². The van der Waals surface area contributed by atoms with Gasteiger partial charge in [0.15, 0.2) is 22.7 Å². The van der Waals surface area contributed by atoms with Crippen LogP contribution in [-0.2, 0) is 20.2 Å². The zero-order chi connectivity index (χ0) is 22.8. The molecule has 9 heteroatoms. The molecule has 0 saturated carbocycles. The number of nitrogens with zero attached hydrogens (tertiary/aromatic N) is 3. The molecular formula is C23H24N4O5. The minimum Gasteiger partial charge on any atom is -0.493 e. The van der Waals surface area contributed by atoms with E-state index in [0.717, 1.165) is 5.56 Å². The molecule has 2 aromatic carbocycles. The van der Waals surface area contributed by atoms with Gasteiger partial charge in [0.1, 0.15) is 12.4 Å². The molecular weight excluding hydrogens is 412 g/mol. The van der Waals surface area contributed by atoms with Gasteiger partial charge in [0, 0.05) is 12.6 Å². The van der Waals surface area contributed by atoms with Gasteiger partial charge in [-0.1, -0.05) is 30.3 Å². The van der Waals surface area contributed by atoms with Gasteiger partial charge < -0.3 is 19.1 Å². The quantitative estimate of drug-likeness (QED) is 0.459. The SMILES string of the molecule is COc1cc(-c2nc3c(c(=O)[nH]c(=O)n3C[C@H](C)O)n2C)ccc1OCc1ccccc1. The summed E-state index contributed by atoms with van der Waals surface area (Å²) in [5.41, 5.74) is 1.01. The lowest BCUT2D eigenvalue weighted by Gasteiger charge is -2.12. The van der Waals surface area contributed by atoms with Gasteiger partial charge in [-0.3, -0.25) is 14.3 Å².